The molecule has 0 aliphatic rings. The van der Waals surface area contributed by atoms with Gasteiger partial charge in [-0.05, 0) is 45.8 Å². The summed E-state index contributed by atoms with van der Waals surface area (Å²) in [4.78, 5) is 0. The van der Waals surface area contributed by atoms with Gasteiger partial charge in [-0.3, -0.25) is 0 Å². The van der Waals surface area contributed by atoms with Crippen molar-refractivity contribution in [3.8, 4) is 5.75 Å². The van der Waals surface area contributed by atoms with E-state index in [0.29, 0.717) is 28.1 Å². The molecule has 94 valence electrons. The minimum atomic E-state index is 0.402. The molecule has 2 aromatic rings. The van der Waals surface area contributed by atoms with E-state index in [1.165, 1.54) is 0 Å². The predicted molar refractivity (Wildman–Crippen MR) is 79.3 cm³/mol. The van der Waals surface area contributed by atoms with Gasteiger partial charge >= 0.3 is 0 Å². The van der Waals surface area contributed by atoms with Gasteiger partial charge in [0, 0.05) is 5.69 Å². The quantitative estimate of drug-likeness (QED) is 0.801. The Balaban J connectivity index is 2.11. The molecule has 0 bridgehead atoms. The zero-order valence-electron chi connectivity index (χ0n) is 9.29. The molecule has 0 atom stereocenters. The molecule has 0 saturated heterocycles. The van der Waals surface area contributed by atoms with Crippen LogP contribution >= 0.6 is 39.1 Å². The zero-order valence-corrected chi connectivity index (χ0v) is 12.4. The molecule has 2 rings (SSSR count). The minimum absolute atomic E-state index is 0.402. The van der Waals surface area contributed by atoms with Crippen LogP contribution in [0.5, 0.6) is 5.75 Å². The van der Waals surface area contributed by atoms with Crippen LogP contribution in [0, 0.1) is 0 Å². The van der Waals surface area contributed by atoms with Gasteiger partial charge in [0.2, 0.25) is 0 Å². The lowest BCUT2D eigenvalue weighted by Gasteiger charge is -2.10. The highest BCUT2D eigenvalue weighted by Gasteiger charge is 2.05. The van der Waals surface area contributed by atoms with Crippen molar-refractivity contribution in [3.05, 3.63) is 56.5 Å². The molecule has 2 N–H and O–H groups in total. The van der Waals surface area contributed by atoms with Crippen LogP contribution in [0.1, 0.15) is 5.56 Å². The van der Waals surface area contributed by atoms with E-state index in [1.807, 2.05) is 18.2 Å². The lowest BCUT2D eigenvalue weighted by Crippen LogP contribution is -1.97. The Morgan fingerprint density at radius 3 is 2.61 bits per heavy atom. The molecule has 0 fully saturated rings. The van der Waals surface area contributed by atoms with Crippen molar-refractivity contribution >= 4 is 44.8 Å². The van der Waals surface area contributed by atoms with Crippen LogP contribution in [0.4, 0.5) is 5.69 Å². The van der Waals surface area contributed by atoms with Gasteiger partial charge in [-0.15, -0.1) is 0 Å². The lowest BCUT2D eigenvalue weighted by molar-refractivity contribution is 0.304. The number of benzene rings is 2. The van der Waals surface area contributed by atoms with E-state index in [0.717, 1.165) is 10.0 Å². The summed E-state index contributed by atoms with van der Waals surface area (Å²) in [6, 6.07) is 10.9. The summed E-state index contributed by atoms with van der Waals surface area (Å²) < 4.78 is 6.42. The van der Waals surface area contributed by atoms with E-state index < -0.39 is 0 Å². The number of anilines is 1. The van der Waals surface area contributed by atoms with Gasteiger partial charge in [0.05, 0.1) is 14.5 Å². The number of hydrogen-bond donors (Lipinski definition) is 1. The summed E-state index contributed by atoms with van der Waals surface area (Å²) >= 11 is 15.2. The largest absolute Gasteiger partial charge is 0.488 e. The molecule has 0 spiro atoms. The molecule has 0 radical (unpaired) electrons. The fraction of sp³-hybridized carbons (Fsp3) is 0.0769. The number of halogens is 3. The lowest BCUT2D eigenvalue weighted by atomic mass is 10.2. The highest BCUT2D eigenvalue weighted by molar-refractivity contribution is 9.10. The summed E-state index contributed by atoms with van der Waals surface area (Å²) in [5.41, 5.74) is 7.35. The second-order valence-electron chi connectivity index (χ2n) is 3.70. The first-order valence-electron chi connectivity index (χ1n) is 5.18. The van der Waals surface area contributed by atoms with Crippen LogP contribution in [0.25, 0.3) is 0 Å². The predicted octanol–water partition coefficient (Wildman–Crippen LogP) is 4.92. The zero-order chi connectivity index (χ0) is 13.1. The van der Waals surface area contributed by atoms with Gasteiger partial charge in [-0.2, -0.15) is 0 Å². The molecular weight excluding hydrogens is 337 g/mol. The van der Waals surface area contributed by atoms with Crippen molar-refractivity contribution in [2.24, 2.45) is 0 Å². The third kappa shape index (κ3) is 3.10. The maximum absolute atomic E-state index is 5.94. The molecule has 0 aliphatic heterocycles. The Bertz CT molecular complexity index is 575. The fourth-order valence-electron chi connectivity index (χ4n) is 1.43. The highest BCUT2D eigenvalue weighted by Crippen LogP contribution is 2.31. The summed E-state index contributed by atoms with van der Waals surface area (Å²) in [6.45, 7) is 0.402. The maximum atomic E-state index is 5.94. The first-order chi connectivity index (χ1) is 8.58. The molecule has 0 saturated carbocycles. The van der Waals surface area contributed by atoms with Gasteiger partial charge < -0.3 is 10.5 Å². The monoisotopic (exact) mass is 345 g/mol. The van der Waals surface area contributed by atoms with Crippen LogP contribution in [0.3, 0.4) is 0 Å². The normalized spacial score (nSPS) is 10.4. The van der Waals surface area contributed by atoms with Crippen molar-refractivity contribution in [2.75, 3.05) is 5.73 Å². The summed E-state index contributed by atoms with van der Waals surface area (Å²) in [7, 11) is 0. The standard InChI is InChI=1S/C13H10BrCl2NO/c14-13-11(17)2-1-3-12(13)18-7-8-4-5-9(15)10(16)6-8/h1-6H,7,17H2. The van der Waals surface area contributed by atoms with Gasteiger partial charge in [-0.25, -0.2) is 0 Å². The number of nitrogens with two attached hydrogens (primary N) is 1. The molecule has 2 aromatic carbocycles. The number of hydrogen-bond acceptors (Lipinski definition) is 2. The van der Waals surface area contributed by atoms with E-state index in [4.69, 9.17) is 33.7 Å². The summed E-state index contributed by atoms with van der Waals surface area (Å²) in [6.07, 6.45) is 0. The van der Waals surface area contributed by atoms with E-state index in [2.05, 4.69) is 15.9 Å². The molecule has 0 amide bonds. The van der Waals surface area contributed by atoms with Crippen LogP contribution in [0.15, 0.2) is 40.9 Å². The number of rotatable bonds is 3. The summed E-state index contributed by atoms with van der Waals surface area (Å²) in [5, 5.41) is 1.05. The van der Waals surface area contributed by atoms with E-state index in [9.17, 15) is 0 Å². The van der Waals surface area contributed by atoms with Crippen molar-refractivity contribution in [1.82, 2.24) is 0 Å². The minimum Gasteiger partial charge on any atom is -0.488 e. The van der Waals surface area contributed by atoms with Crippen LogP contribution < -0.4 is 10.5 Å². The van der Waals surface area contributed by atoms with Crippen molar-refractivity contribution in [2.45, 2.75) is 6.61 Å². The SMILES string of the molecule is Nc1cccc(OCc2ccc(Cl)c(Cl)c2)c1Br. The van der Waals surface area contributed by atoms with Crippen molar-refractivity contribution in [3.63, 3.8) is 0 Å². The first kappa shape index (κ1) is 13.5. The smallest absolute Gasteiger partial charge is 0.136 e. The van der Waals surface area contributed by atoms with E-state index in [1.54, 1.807) is 18.2 Å². The van der Waals surface area contributed by atoms with Crippen LogP contribution in [0.2, 0.25) is 10.0 Å². The van der Waals surface area contributed by atoms with Gasteiger partial charge in [-0.1, -0.05) is 35.3 Å². The third-order valence-electron chi connectivity index (χ3n) is 2.37. The molecule has 5 heteroatoms. The van der Waals surface area contributed by atoms with Gasteiger partial charge in [0.1, 0.15) is 12.4 Å². The summed E-state index contributed by atoms with van der Waals surface area (Å²) in [5.74, 6) is 0.695. The molecule has 0 heterocycles. The van der Waals surface area contributed by atoms with Gasteiger partial charge in [0.25, 0.3) is 0 Å². The highest BCUT2D eigenvalue weighted by atomic mass is 79.9. The second kappa shape index (κ2) is 5.83. The third-order valence-corrected chi connectivity index (χ3v) is 3.96. The Hall–Kier alpha value is -0.900. The topological polar surface area (TPSA) is 35.2 Å². The van der Waals surface area contributed by atoms with E-state index in [-0.39, 0.29) is 0 Å². The van der Waals surface area contributed by atoms with Crippen molar-refractivity contribution in [1.29, 1.82) is 0 Å². The number of nitrogen functional groups attached to an aromatic ring is 1. The molecule has 0 aliphatic carbocycles. The molecular formula is C13H10BrCl2NO. The molecule has 0 unspecified atom stereocenters. The first-order valence-corrected chi connectivity index (χ1v) is 6.73. The molecule has 18 heavy (non-hydrogen) atoms. The Morgan fingerprint density at radius 1 is 1.11 bits per heavy atom. The maximum Gasteiger partial charge on any atom is 0.136 e. The Kier molecular flexibility index (Phi) is 4.38. The number of ether oxygens (including phenoxy) is 1. The second-order valence-corrected chi connectivity index (χ2v) is 5.30. The Labute approximate surface area is 124 Å². The average molecular weight is 347 g/mol. The molecule has 2 nitrogen and oxygen atoms in total. The Morgan fingerprint density at radius 2 is 1.89 bits per heavy atom. The fourth-order valence-corrected chi connectivity index (χ4v) is 2.13. The molecule has 0 aromatic heterocycles. The van der Waals surface area contributed by atoms with E-state index >= 15 is 0 Å². The van der Waals surface area contributed by atoms with Crippen LogP contribution in [-0.2, 0) is 6.61 Å². The average Bonchev–Trinajstić information content (AvgIpc) is 2.35. The van der Waals surface area contributed by atoms with Crippen molar-refractivity contribution < 1.29 is 4.74 Å². The van der Waals surface area contributed by atoms with Crippen LogP contribution in [-0.4, -0.2) is 0 Å². The van der Waals surface area contributed by atoms with Gasteiger partial charge in [0.15, 0.2) is 0 Å².